The Hall–Kier alpha value is -2.27. The number of nitrogens with one attached hydrogen (secondary N) is 1. The molecule has 0 spiro atoms. The molecule has 0 bridgehead atoms. The molecule has 5 heteroatoms. The molecule has 1 aliphatic carbocycles. The molecule has 28 heavy (non-hydrogen) atoms. The third-order valence-corrected chi connectivity index (χ3v) is 5.78. The maximum absolute atomic E-state index is 5.98. The lowest BCUT2D eigenvalue weighted by molar-refractivity contribution is 0.328. The van der Waals surface area contributed by atoms with Crippen LogP contribution in [-0.4, -0.2) is 16.0 Å². The Morgan fingerprint density at radius 2 is 1.82 bits per heavy atom. The third kappa shape index (κ3) is 4.09. The van der Waals surface area contributed by atoms with Crippen LogP contribution in [0.15, 0.2) is 42.5 Å². The number of benzene rings is 2. The van der Waals surface area contributed by atoms with Gasteiger partial charge >= 0.3 is 0 Å². The van der Waals surface area contributed by atoms with E-state index >= 15 is 0 Å². The van der Waals surface area contributed by atoms with Crippen LogP contribution in [0.2, 0.25) is 5.02 Å². The number of halogens is 1. The van der Waals surface area contributed by atoms with Gasteiger partial charge in [-0.05, 0) is 55.7 Å². The number of fused-ring (bicyclic) bond motifs is 1. The van der Waals surface area contributed by atoms with E-state index in [0.717, 1.165) is 45.8 Å². The second-order valence-corrected chi connectivity index (χ2v) is 7.97. The molecule has 1 saturated carbocycles. The molecule has 1 heterocycles. The van der Waals surface area contributed by atoms with Gasteiger partial charge in [-0.2, -0.15) is 0 Å². The van der Waals surface area contributed by atoms with Crippen LogP contribution in [0.5, 0.6) is 0 Å². The first-order valence-electron chi connectivity index (χ1n) is 9.82. The average molecular weight is 393 g/mol. The van der Waals surface area contributed by atoms with E-state index in [1.165, 1.54) is 18.4 Å². The minimum absolute atomic E-state index is 0.250. The van der Waals surface area contributed by atoms with Crippen molar-refractivity contribution in [2.45, 2.75) is 44.6 Å². The molecule has 144 valence electrons. The van der Waals surface area contributed by atoms with Gasteiger partial charge < -0.3 is 0 Å². The van der Waals surface area contributed by atoms with E-state index in [1.807, 2.05) is 36.4 Å². The normalized spacial score (nSPS) is 20.1. The third-order valence-electron chi connectivity index (χ3n) is 5.52. The smallest absolute Gasteiger partial charge is 0.152 e. The molecule has 0 radical (unpaired) electrons. The van der Waals surface area contributed by atoms with Gasteiger partial charge in [-0.1, -0.05) is 54.3 Å². The van der Waals surface area contributed by atoms with Crippen LogP contribution in [0.3, 0.4) is 0 Å². The van der Waals surface area contributed by atoms with Crippen LogP contribution in [0.4, 0.5) is 0 Å². The molecule has 4 nitrogen and oxygen atoms in total. The van der Waals surface area contributed by atoms with Crippen molar-refractivity contribution in [2.24, 2.45) is 5.84 Å². The van der Waals surface area contributed by atoms with Gasteiger partial charge in [-0.3, -0.25) is 11.3 Å². The molecular weight excluding hydrogens is 368 g/mol. The van der Waals surface area contributed by atoms with Crippen LogP contribution >= 0.6 is 11.6 Å². The number of aromatic nitrogens is 2. The number of aryl methyl sites for hydroxylation is 1. The van der Waals surface area contributed by atoms with Crippen molar-refractivity contribution in [1.29, 1.82) is 0 Å². The molecule has 1 aliphatic rings. The summed E-state index contributed by atoms with van der Waals surface area (Å²) in [4.78, 5) is 9.76. The molecular formula is C23H25ClN4. The highest BCUT2D eigenvalue weighted by Gasteiger charge is 2.28. The first kappa shape index (κ1) is 19.1. The number of nitrogens with two attached hydrogens (primary N) is 1. The van der Waals surface area contributed by atoms with E-state index in [-0.39, 0.29) is 6.04 Å². The predicted molar refractivity (Wildman–Crippen MR) is 117 cm³/mol. The highest BCUT2D eigenvalue weighted by Crippen LogP contribution is 2.35. The lowest BCUT2D eigenvalue weighted by Crippen LogP contribution is -2.41. The van der Waals surface area contributed by atoms with E-state index in [4.69, 9.17) is 27.4 Å². The molecule has 2 aromatic carbocycles. The van der Waals surface area contributed by atoms with Crippen molar-refractivity contribution in [1.82, 2.24) is 15.4 Å². The maximum atomic E-state index is 5.98. The number of hydrogen-bond donors (Lipinski definition) is 2. The van der Waals surface area contributed by atoms with Gasteiger partial charge in [-0.25, -0.2) is 9.97 Å². The van der Waals surface area contributed by atoms with Crippen LogP contribution in [0, 0.1) is 6.92 Å². The Morgan fingerprint density at radius 1 is 1.04 bits per heavy atom. The van der Waals surface area contributed by atoms with Crippen LogP contribution in [-0.2, 0) is 0 Å². The predicted octanol–water partition coefficient (Wildman–Crippen LogP) is 5.25. The molecule has 1 aromatic heterocycles. The molecule has 2 unspecified atom stereocenters. The van der Waals surface area contributed by atoms with Crippen molar-refractivity contribution in [3.05, 3.63) is 70.1 Å². The fourth-order valence-electron chi connectivity index (χ4n) is 4.04. The maximum Gasteiger partial charge on any atom is 0.152 e. The van der Waals surface area contributed by atoms with Crippen molar-refractivity contribution >= 4 is 34.7 Å². The Bertz CT molecular complexity index is 997. The molecule has 3 aromatic rings. The van der Waals surface area contributed by atoms with Crippen molar-refractivity contribution < 1.29 is 0 Å². The largest absolute Gasteiger partial charge is 0.271 e. The Labute approximate surface area is 170 Å². The molecule has 1 fully saturated rings. The summed E-state index contributed by atoms with van der Waals surface area (Å²) in [6.45, 7) is 2.11. The summed E-state index contributed by atoms with van der Waals surface area (Å²) in [5, 5.41) is 1.87. The minimum atomic E-state index is 0.250. The van der Waals surface area contributed by atoms with Gasteiger partial charge in [0.05, 0.1) is 11.2 Å². The fraction of sp³-hybridized carbons (Fsp3) is 0.304. The Kier molecular flexibility index (Phi) is 5.72. The number of hydrazine groups is 1. The molecule has 4 rings (SSSR count). The van der Waals surface area contributed by atoms with Gasteiger partial charge in [0.15, 0.2) is 5.82 Å². The SMILES string of the molecule is Cc1ccc2nc(/C=C/c3ccc(Cl)cc3)nc(C3CCCCC3NN)c2c1. The molecule has 0 saturated heterocycles. The summed E-state index contributed by atoms with van der Waals surface area (Å²) in [6, 6.07) is 14.4. The van der Waals surface area contributed by atoms with Crippen LogP contribution in [0.25, 0.3) is 23.1 Å². The number of nitrogens with zero attached hydrogens (tertiary/aromatic N) is 2. The van der Waals surface area contributed by atoms with Crippen LogP contribution < -0.4 is 11.3 Å². The van der Waals surface area contributed by atoms with E-state index in [9.17, 15) is 0 Å². The highest BCUT2D eigenvalue weighted by molar-refractivity contribution is 6.30. The molecule has 0 amide bonds. The molecule has 3 N–H and O–H groups in total. The van der Waals surface area contributed by atoms with E-state index in [2.05, 4.69) is 30.5 Å². The van der Waals surface area contributed by atoms with Crippen molar-refractivity contribution in [2.75, 3.05) is 0 Å². The summed E-state index contributed by atoms with van der Waals surface area (Å²) in [5.74, 6) is 6.90. The number of hydrogen-bond acceptors (Lipinski definition) is 4. The van der Waals surface area contributed by atoms with E-state index < -0.39 is 0 Å². The van der Waals surface area contributed by atoms with Gasteiger partial charge in [-0.15, -0.1) is 0 Å². The van der Waals surface area contributed by atoms with Gasteiger partial charge in [0.25, 0.3) is 0 Å². The monoisotopic (exact) mass is 392 g/mol. The van der Waals surface area contributed by atoms with Gasteiger partial charge in [0.1, 0.15) is 0 Å². The zero-order valence-corrected chi connectivity index (χ0v) is 16.8. The minimum Gasteiger partial charge on any atom is -0.271 e. The standard InChI is InChI=1S/C23H25ClN4/c1-15-6-12-20-19(14-15)23(18-4-2-3-5-21(18)28-25)27-22(26-20)13-9-16-7-10-17(24)11-8-16/h6-14,18,21,28H,2-5,25H2,1H3/b13-9+. The zero-order valence-electron chi connectivity index (χ0n) is 16.0. The van der Waals surface area contributed by atoms with Crippen molar-refractivity contribution in [3.8, 4) is 0 Å². The zero-order chi connectivity index (χ0) is 19.5. The topological polar surface area (TPSA) is 63.8 Å². The lowest BCUT2D eigenvalue weighted by Gasteiger charge is -2.31. The summed E-state index contributed by atoms with van der Waals surface area (Å²) >= 11 is 5.98. The Balaban J connectivity index is 1.78. The molecule has 0 aliphatic heterocycles. The second-order valence-electron chi connectivity index (χ2n) is 7.54. The number of rotatable bonds is 4. The first-order valence-corrected chi connectivity index (χ1v) is 10.2. The van der Waals surface area contributed by atoms with Gasteiger partial charge in [0.2, 0.25) is 0 Å². The van der Waals surface area contributed by atoms with Gasteiger partial charge in [0, 0.05) is 22.4 Å². The fourth-order valence-corrected chi connectivity index (χ4v) is 4.17. The quantitative estimate of drug-likeness (QED) is 0.470. The summed E-state index contributed by atoms with van der Waals surface area (Å²) in [7, 11) is 0. The Morgan fingerprint density at radius 3 is 2.61 bits per heavy atom. The summed E-state index contributed by atoms with van der Waals surface area (Å²) < 4.78 is 0. The van der Waals surface area contributed by atoms with Crippen LogP contribution in [0.1, 0.15) is 54.2 Å². The van der Waals surface area contributed by atoms with Crippen molar-refractivity contribution in [3.63, 3.8) is 0 Å². The average Bonchev–Trinajstić information content (AvgIpc) is 2.73. The summed E-state index contributed by atoms with van der Waals surface area (Å²) in [5.41, 5.74) is 7.39. The first-order chi connectivity index (χ1) is 13.6. The summed E-state index contributed by atoms with van der Waals surface area (Å²) in [6.07, 6.45) is 8.57. The van der Waals surface area contributed by atoms with E-state index in [0.29, 0.717) is 5.92 Å². The highest BCUT2D eigenvalue weighted by atomic mass is 35.5. The molecule has 2 atom stereocenters. The second kappa shape index (κ2) is 8.39. The lowest BCUT2D eigenvalue weighted by atomic mass is 9.81. The van der Waals surface area contributed by atoms with E-state index in [1.54, 1.807) is 0 Å².